The van der Waals surface area contributed by atoms with Gasteiger partial charge in [-0.05, 0) is 25.5 Å². The van der Waals surface area contributed by atoms with Crippen molar-refractivity contribution < 1.29 is 9.53 Å². The van der Waals surface area contributed by atoms with E-state index in [0.717, 1.165) is 36.5 Å². The van der Waals surface area contributed by atoms with Crippen LogP contribution in [-0.2, 0) is 11.3 Å². The number of benzene rings is 2. The van der Waals surface area contributed by atoms with E-state index < -0.39 is 0 Å². The summed E-state index contributed by atoms with van der Waals surface area (Å²) in [5.74, 6) is 1.04. The fourth-order valence-corrected chi connectivity index (χ4v) is 3.79. The molecule has 0 spiro atoms. The van der Waals surface area contributed by atoms with Gasteiger partial charge in [-0.25, -0.2) is 0 Å². The lowest BCUT2D eigenvalue weighted by atomic mass is 10.0. The Hall–Kier alpha value is -2.37. The summed E-state index contributed by atoms with van der Waals surface area (Å²) in [7, 11) is 1.70. The number of hydrogen-bond donors (Lipinski definition) is 1. The normalized spacial score (nSPS) is 17.5. The number of para-hydroxylation sites is 1. The molecule has 0 radical (unpaired) electrons. The van der Waals surface area contributed by atoms with Crippen molar-refractivity contribution in [1.29, 1.82) is 0 Å². The lowest BCUT2D eigenvalue weighted by Gasteiger charge is -2.38. The van der Waals surface area contributed by atoms with E-state index in [1.807, 2.05) is 41.3 Å². The molecule has 5 heteroatoms. The number of amides is 1. The van der Waals surface area contributed by atoms with Gasteiger partial charge in [-0.15, -0.1) is 0 Å². The smallest absolute Gasteiger partial charge is 0.237 e. The van der Waals surface area contributed by atoms with Gasteiger partial charge in [-0.2, -0.15) is 0 Å². The standard InChI is InChI=1S/C23H31N3O2/c1-18(2)26(16-19-9-5-4-6-10-19)23(27)17-25-14-13-24-15-21(25)20-11-7-8-12-22(20)28-3/h4-12,18,21,24H,13-17H2,1-3H3. The van der Waals surface area contributed by atoms with Crippen molar-refractivity contribution in [2.24, 2.45) is 0 Å². The summed E-state index contributed by atoms with van der Waals surface area (Å²) in [4.78, 5) is 17.5. The van der Waals surface area contributed by atoms with Crippen LogP contribution in [0.1, 0.15) is 31.0 Å². The molecule has 150 valence electrons. The zero-order chi connectivity index (χ0) is 19.9. The summed E-state index contributed by atoms with van der Waals surface area (Å²) in [5, 5.41) is 3.46. The molecule has 1 fully saturated rings. The van der Waals surface area contributed by atoms with Gasteiger partial charge in [-0.1, -0.05) is 48.5 Å². The Bertz CT molecular complexity index is 763. The molecule has 1 N–H and O–H groups in total. The second-order valence-corrected chi connectivity index (χ2v) is 7.53. The third-order valence-electron chi connectivity index (χ3n) is 5.33. The third-order valence-corrected chi connectivity index (χ3v) is 5.33. The van der Waals surface area contributed by atoms with Crippen LogP contribution < -0.4 is 10.1 Å². The van der Waals surface area contributed by atoms with E-state index in [2.05, 4.69) is 42.3 Å². The van der Waals surface area contributed by atoms with E-state index in [1.165, 1.54) is 0 Å². The van der Waals surface area contributed by atoms with Crippen LogP contribution in [0.4, 0.5) is 0 Å². The maximum absolute atomic E-state index is 13.2. The topological polar surface area (TPSA) is 44.8 Å². The molecule has 1 heterocycles. The second kappa shape index (κ2) is 9.71. The third kappa shape index (κ3) is 4.91. The highest BCUT2D eigenvalue weighted by atomic mass is 16.5. The molecule has 0 aliphatic carbocycles. The number of carbonyl (C=O) groups is 1. The lowest BCUT2D eigenvalue weighted by molar-refractivity contribution is -0.135. The minimum atomic E-state index is 0.125. The van der Waals surface area contributed by atoms with Crippen LogP contribution in [0.3, 0.4) is 0 Å². The van der Waals surface area contributed by atoms with Crippen molar-refractivity contribution in [3.05, 3.63) is 65.7 Å². The van der Waals surface area contributed by atoms with Crippen LogP contribution in [0.15, 0.2) is 54.6 Å². The number of nitrogens with one attached hydrogen (secondary N) is 1. The molecule has 0 saturated carbocycles. The highest BCUT2D eigenvalue weighted by Crippen LogP contribution is 2.30. The average molecular weight is 382 g/mol. The zero-order valence-corrected chi connectivity index (χ0v) is 17.1. The van der Waals surface area contributed by atoms with Gasteiger partial charge >= 0.3 is 0 Å². The molecule has 1 aliphatic rings. The van der Waals surface area contributed by atoms with Gasteiger partial charge in [0.1, 0.15) is 5.75 Å². The Labute approximate surface area is 168 Å². The predicted molar refractivity (Wildman–Crippen MR) is 112 cm³/mol. The molecule has 3 rings (SSSR count). The van der Waals surface area contributed by atoms with Gasteiger partial charge in [-0.3, -0.25) is 9.69 Å². The Morgan fingerprint density at radius 1 is 1.18 bits per heavy atom. The molecule has 2 aromatic rings. The van der Waals surface area contributed by atoms with E-state index in [0.29, 0.717) is 13.1 Å². The zero-order valence-electron chi connectivity index (χ0n) is 17.1. The Balaban J connectivity index is 1.75. The van der Waals surface area contributed by atoms with Gasteiger partial charge in [0.2, 0.25) is 5.91 Å². The van der Waals surface area contributed by atoms with E-state index in [4.69, 9.17) is 4.74 Å². The van der Waals surface area contributed by atoms with Crippen molar-refractivity contribution >= 4 is 5.91 Å². The highest BCUT2D eigenvalue weighted by Gasteiger charge is 2.29. The molecule has 1 atom stereocenters. The number of rotatable bonds is 7. The van der Waals surface area contributed by atoms with Crippen molar-refractivity contribution in [2.45, 2.75) is 32.5 Å². The number of hydrogen-bond acceptors (Lipinski definition) is 4. The maximum atomic E-state index is 13.2. The molecule has 1 unspecified atom stereocenters. The lowest BCUT2D eigenvalue weighted by Crippen LogP contribution is -2.51. The van der Waals surface area contributed by atoms with Gasteiger partial charge in [0.25, 0.3) is 0 Å². The van der Waals surface area contributed by atoms with E-state index in [-0.39, 0.29) is 18.0 Å². The van der Waals surface area contributed by atoms with E-state index in [1.54, 1.807) is 7.11 Å². The molecular formula is C23H31N3O2. The molecular weight excluding hydrogens is 350 g/mol. The van der Waals surface area contributed by atoms with Gasteiger partial charge in [0.05, 0.1) is 19.7 Å². The van der Waals surface area contributed by atoms with Crippen LogP contribution in [0, 0.1) is 0 Å². The van der Waals surface area contributed by atoms with Gasteiger partial charge in [0, 0.05) is 37.8 Å². The summed E-state index contributed by atoms with van der Waals surface area (Å²) >= 11 is 0. The summed E-state index contributed by atoms with van der Waals surface area (Å²) in [6.45, 7) is 7.75. The molecule has 1 saturated heterocycles. The number of ether oxygens (including phenoxy) is 1. The van der Waals surface area contributed by atoms with Crippen molar-refractivity contribution in [3.8, 4) is 5.75 Å². The van der Waals surface area contributed by atoms with Gasteiger partial charge < -0.3 is 15.0 Å². The summed E-state index contributed by atoms with van der Waals surface area (Å²) in [6.07, 6.45) is 0. The van der Waals surface area contributed by atoms with Crippen LogP contribution in [0.2, 0.25) is 0 Å². The molecule has 28 heavy (non-hydrogen) atoms. The average Bonchev–Trinajstić information content (AvgIpc) is 2.73. The molecule has 2 aromatic carbocycles. The first-order valence-electron chi connectivity index (χ1n) is 10.0. The fraction of sp³-hybridized carbons (Fsp3) is 0.435. The van der Waals surface area contributed by atoms with Crippen molar-refractivity contribution in [2.75, 3.05) is 33.3 Å². The molecule has 1 aliphatic heterocycles. The van der Waals surface area contributed by atoms with Crippen molar-refractivity contribution in [1.82, 2.24) is 15.1 Å². The number of methoxy groups -OCH3 is 1. The first-order chi connectivity index (χ1) is 13.6. The molecule has 0 aromatic heterocycles. The second-order valence-electron chi connectivity index (χ2n) is 7.53. The fourth-order valence-electron chi connectivity index (χ4n) is 3.79. The van der Waals surface area contributed by atoms with Crippen LogP contribution in [-0.4, -0.2) is 55.0 Å². The maximum Gasteiger partial charge on any atom is 0.237 e. The SMILES string of the molecule is COc1ccccc1C1CNCCN1CC(=O)N(Cc1ccccc1)C(C)C. The minimum Gasteiger partial charge on any atom is -0.496 e. The first kappa shape index (κ1) is 20.4. The largest absolute Gasteiger partial charge is 0.496 e. The summed E-state index contributed by atoms with van der Waals surface area (Å²) < 4.78 is 5.57. The van der Waals surface area contributed by atoms with Crippen molar-refractivity contribution in [3.63, 3.8) is 0 Å². The minimum absolute atomic E-state index is 0.125. The molecule has 0 bridgehead atoms. The number of carbonyl (C=O) groups excluding carboxylic acids is 1. The quantitative estimate of drug-likeness (QED) is 0.801. The predicted octanol–water partition coefficient (Wildman–Crippen LogP) is 3.08. The first-order valence-corrected chi connectivity index (χ1v) is 10.0. The molecule has 1 amide bonds. The van der Waals surface area contributed by atoms with E-state index >= 15 is 0 Å². The van der Waals surface area contributed by atoms with Crippen LogP contribution >= 0.6 is 0 Å². The van der Waals surface area contributed by atoms with E-state index in [9.17, 15) is 4.79 Å². The number of piperazine rings is 1. The molecule has 5 nitrogen and oxygen atoms in total. The Morgan fingerprint density at radius 3 is 2.61 bits per heavy atom. The van der Waals surface area contributed by atoms with Gasteiger partial charge in [0.15, 0.2) is 0 Å². The Kier molecular flexibility index (Phi) is 7.06. The highest BCUT2D eigenvalue weighted by molar-refractivity contribution is 5.78. The summed E-state index contributed by atoms with van der Waals surface area (Å²) in [5.41, 5.74) is 2.29. The monoisotopic (exact) mass is 381 g/mol. The number of nitrogens with zero attached hydrogens (tertiary/aromatic N) is 2. The summed E-state index contributed by atoms with van der Waals surface area (Å²) in [6, 6.07) is 18.6. The van der Waals surface area contributed by atoms with Crippen LogP contribution in [0.5, 0.6) is 5.75 Å². The van der Waals surface area contributed by atoms with Crippen LogP contribution in [0.25, 0.3) is 0 Å². The Morgan fingerprint density at radius 2 is 1.89 bits per heavy atom.